The molecule has 0 unspecified atom stereocenters. The molecule has 1 aromatic carbocycles. The van der Waals surface area contributed by atoms with Crippen LogP contribution in [-0.2, 0) is 15.5 Å². The van der Waals surface area contributed by atoms with Gasteiger partial charge in [0, 0.05) is 17.7 Å². The molecule has 0 saturated heterocycles. The van der Waals surface area contributed by atoms with Crippen molar-refractivity contribution in [3.63, 3.8) is 0 Å². The highest BCUT2D eigenvalue weighted by Gasteiger charge is 2.43. The van der Waals surface area contributed by atoms with E-state index in [9.17, 15) is 23.7 Å². The van der Waals surface area contributed by atoms with E-state index in [0.717, 1.165) is 18.2 Å². The number of nitrogens with zero attached hydrogens (tertiary/aromatic N) is 1. The number of rotatable bonds is 4. The Balaban J connectivity index is 3.10. The van der Waals surface area contributed by atoms with Crippen LogP contribution in [0.3, 0.4) is 0 Å². The number of ether oxygens (including phenoxy) is 1. The molecule has 92 valence electrons. The van der Waals surface area contributed by atoms with Gasteiger partial charge >= 0.3 is 11.9 Å². The SMILES string of the molecule is CCOC(=O)C(F)(F)c1cccc([N+](=O)[O-])c1. The number of non-ortho nitro benzene ring substituents is 1. The molecule has 0 heterocycles. The van der Waals surface area contributed by atoms with Gasteiger partial charge in [-0.25, -0.2) is 4.79 Å². The number of benzene rings is 1. The van der Waals surface area contributed by atoms with Gasteiger partial charge in [0.05, 0.1) is 11.5 Å². The first-order chi connectivity index (χ1) is 7.89. The first kappa shape index (κ1) is 13.0. The van der Waals surface area contributed by atoms with E-state index < -0.39 is 28.1 Å². The van der Waals surface area contributed by atoms with Crippen molar-refractivity contribution in [1.82, 2.24) is 0 Å². The molecule has 1 rings (SSSR count). The molecule has 0 aliphatic carbocycles. The summed E-state index contributed by atoms with van der Waals surface area (Å²) in [6, 6.07) is 3.73. The van der Waals surface area contributed by atoms with Crippen LogP contribution in [-0.4, -0.2) is 17.5 Å². The van der Waals surface area contributed by atoms with Gasteiger partial charge in [0.1, 0.15) is 0 Å². The van der Waals surface area contributed by atoms with E-state index in [1.165, 1.54) is 6.92 Å². The van der Waals surface area contributed by atoms with Crippen molar-refractivity contribution in [2.24, 2.45) is 0 Å². The standard InChI is InChI=1S/C10H9F2NO4/c1-2-17-9(14)10(11,12)7-4-3-5-8(6-7)13(15)16/h3-6H,2H2,1H3. The van der Waals surface area contributed by atoms with Gasteiger partial charge in [0.25, 0.3) is 5.69 Å². The summed E-state index contributed by atoms with van der Waals surface area (Å²) in [5, 5.41) is 10.4. The van der Waals surface area contributed by atoms with Crippen molar-refractivity contribution in [2.75, 3.05) is 6.61 Å². The summed E-state index contributed by atoms with van der Waals surface area (Å²) < 4.78 is 31.2. The predicted octanol–water partition coefficient (Wildman–Crippen LogP) is 2.25. The molecular weight excluding hydrogens is 236 g/mol. The van der Waals surface area contributed by atoms with E-state index in [4.69, 9.17) is 0 Å². The summed E-state index contributed by atoms with van der Waals surface area (Å²) in [6.07, 6.45) is 0. The second-order valence-corrected chi connectivity index (χ2v) is 3.10. The van der Waals surface area contributed by atoms with Crippen LogP contribution < -0.4 is 0 Å². The van der Waals surface area contributed by atoms with Crippen molar-refractivity contribution in [1.29, 1.82) is 0 Å². The number of nitro benzene ring substituents is 1. The molecule has 0 atom stereocenters. The Morgan fingerprint density at radius 2 is 2.18 bits per heavy atom. The fraction of sp³-hybridized carbons (Fsp3) is 0.300. The minimum absolute atomic E-state index is 0.191. The van der Waals surface area contributed by atoms with Gasteiger partial charge in [-0.1, -0.05) is 12.1 Å². The Kier molecular flexibility index (Phi) is 3.72. The Morgan fingerprint density at radius 3 is 2.71 bits per heavy atom. The molecule has 0 saturated carbocycles. The number of carbonyl (C=O) groups excluding carboxylic acids is 1. The van der Waals surface area contributed by atoms with E-state index in [-0.39, 0.29) is 6.61 Å². The van der Waals surface area contributed by atoms with Crippen molar-refractivity contribution in [3.8, 4) is 0 Å². The summed E-state index contributed by atoms with van der Waals surface area (Å²) in [4.78, 5) is 20.6. The van der Waals surface area contributed by atoms with Gasteiger partial charge in [0.15, 0.2) is 0 Å². The molecule has 0 spiro atoms. The lowest BCUT2D eigenvalue weighted by molar-refractivity contribution is -0.385. The number of carbonyl (C=O) groups is 1. The van der Waals surface area contributed by atoms with Gasteiger partial charge in [-0.3, -0.25) is 10.1 Å². The zero-order valence-electron chi connectivity index (χ0n) is 8.85. The Hall–Kier alpha value is -2.05. The highest BCUT2D eigenvalue weighted by molar-refractivity contribution is 5.79. The fourth-order valence-electron chi connectivity index (χ4n) is 1.15. The minimum Gasteiger partial charge on any atom is -0.461 e. The second-order valence-electron chi connectivity index (χ2n) is 3.10. The number of alkyl halides is 2. The molecule has 0 radical (unpaired) electrons. The van der Waals surface area contributed by atoms with Crippen LogP contribution in [0.15, 0.2) is 24.3 Å². The van der Waals surface area contributed by atoms with Crippen LogP contribution in [0.25, 0.3) is 0 Å². The first-order valence-electron chi connectivity index (χ1n) is 4.69. The monoisotopic (exact) mass is 245 g/mol. The van der Waals surface area contributed by atoms with Crippen LogP contribution in [0.4, 0.5) is 14.5 Å². The third-order valence-corrected chi connectivity index (χ3v) is 1.95. The summed E-state index contributed by atoms with van der Waals surface area (Å²) in [5.74, 6) is -5.61. The zero-order chi connectivity index (χ0) is 13.1. The quantitative estimate of drug-likeness (QED) is 0.463. The molecule has 0 aromatic heterocycles. The number of hydrogen-bond acceptors (Lipinski definition) is 4. The highest BCUT2D eigenvalue weighted by Crippen LogP contribution is 2.31. The molecule has 0 amide bonds. The Labute approximate surface area is 95.2 Å². The maximum atomic E-state index is 13.5. The molecule has 0 N–H and O–H groups in total. The average Bonchev–Trinajstić information content (AvgIpc) is 2.29. The number of hydrogen-bond donors (Lipinski definition) is 0. The summed E-state index contributed by atoms with van der Waals surface area (Å²) >= 11 is 0. The van der Waals surface area contributed by atoms with E-state index in [2.05, 4.69) is 4.74 Å². The third-order valence-electron chi connectivity index (χ3n) is 1.95. The van der Waals surface area contributed by atoms with Gasteiger partial charge < -0.3 is 4.74 Å². The topological polar surface area (TPSA) is 69.4 Å². The summed E-state index contributed by atoms with van der Waals surface area (Å²) in [5.41, 5.74) is -1.27. The first-order valence-corrected chi connectivity index (χ1v) is 4.69. The van der Waals surface area contributed by atoms with Crippen molar-refractivity contribution in [2.45, 2.75) is 12.8 Å². The summed E-state index contributed by atoms with van der Waals surface area (Å²) in [7, 11) is 0. The molecule has 1 aromatic rings. The van der Waals surface area contributed by atoms with Crippen LogP contribution in [0.1, 0.15) is 12.5 Å². The lowest BCUT2D eigenvalue weighted by Crippen LogP contribution is -2.28. The highest BCUT2D eigenvalue weighted by atomic mass is 19.3. The molecular formula is C10H9F2NO4. The van der Waals surface area contributed by atoms with Crippen LogP contribution in [0.5, 0.6) is 0 Å². The van der Waals surface area contributed by atoms with Crippen molar-refractivity contribution < 1.29 is 23.2 Å². The molecule has 0 fully saturated rings. The number of esters is 1. The second kappa shape index (κ2) is 4.86. The van der Waals surface area contributed by atoms with Crippen molar-refractivity contribution >= 4 is 11.7 Å². The minimum atomic E-state index is -3.89. The smallest absolute Gasteiger partial charge is 0.381 e. The van der Waals surface area contributed by atoms with Gasteiger partial charge in [0.2, 0.25) is 0 Å². The van der Waals surface area contributed by atoms with E-state index >= 15 is 0 Å². The predicted molar refractivity (Wildman–Crippen MR) is 53.6 cm³/mol. The lowest BCUT2D eigenvalue weighted by Gasteiger charge is -2.14. The van der Waals surface area contributed by atoms with Crippen molar-refractivity contribution in [3.05, 3.63) is 39.9 Å². The van der Waals surface area contributed by atoms with Crippen LogP contribution in [0.2, 0.25) is 0 Å². The molecule has 17 heavy (non-hydrogen) atoms. The Bertz CT molecular complexity index is 448. The van der Waals surface area contributed by atoms with Crippen LogP contribution >= 0.6 is 0 Å². The molecule has 7 heteroatoms. The maximum Gasteiger partial charge on any atom is 0.381 e. The molecule has 0 aliphatic rings. The Morgan fingerprint density at radius 1 is 1.53 bits per heavy atom. The van der Waals surface area contributed by atoms with E-state index in [0.29, 0.717) is 6.07 Å². The lowest BCUT2D eigenvalue weighted by atomic mass is 10.1. The average molecular weight is 245 g/mol. The summed E-state index contributed by atoms with van der Waals surface area (Å²) in [6.45, 7) is 1.20. The zero-order valence-corrected chi connectivity index (χ0v) is 8.85. The molecule has 5 nitrogen and oxygen atoms in total. The van der Waals surface area contributed by atoms with Gasteiger partial charge in [-0.2, -0.15) is 8.78 Å². The largest absolute Gasteiger partial charge is 0.461 e. The van der Waals surface area contributed by atoms with Gasteiger partial charge in [-0.05, 0) is 6.92 Å². The van der Waals surface area contributed by atoms with Crippen LogP contribution in [0, 0.1) is 10.1 Å². The number of halogens is 2. The van der Waals surface area contributed by atoms with Gasteiger partial charge in [-0.15, -0.1) is 0 Å². The maximum absolute atomic E-state index is 13.5. The molecule has 0 bridgehead atoms. The third kappa shape index (κ3) is 2.74. The molecule has 0 aliphatic heterocycles. The van der Waals surface area contributed by atoms with E-state index in [1.807, 2.05) is 0 Å². The fourth-order valence-corrected chi connectivity index (χ4v) is 1.15. The normalized spacial score (nSPS) is 11.0. The number of nitro groups is 1. The van der Waals surface area contributed by atoms with E-state index in [1.54, 1.807) is 0 Å².